The fraction of sp³-hybridized carbons (Fsp3) is 0.364. The average Bonchev–Trinajstić information content (AvgIpc) is 2.65. The summed E-state index contributed by atoms with van der Waals surface area (Å²) in [6.45, 7) is 6.69. The van der Waals surface area contributed by atoms with Gasteiger partial charge in [-0.25, -0.2) is 0 Å². The van der Waals surface area contributed by atoms with E-state index < -0.39 is 5.41 Å². The van der Waals surface area contributed by atoms with E-state index in [1.54, 1.807) is 0 Å². The van der Waals surface area contributed by atoms with Crippen LogP contribution in [0.5, 0.6) is 0 Å². The molecule has 0 atom stereocenters. The summed E-state index contributed by atoms with van der Waals surface area (Å²) in [6, 6.07) is 19.8. The Balaban J connectivity index is 1.89. The highest BCUT2D eigenvalue weighted by Crippen LogP contribution is 2.15. The van der Waals surface area contributed by atoms with Crippen LogP contribution in [0, 0.1) is 5.41 Å². The Hall–Kier alpha value is -2.82. The zero-order chi connectivity index (χ0) is 19.7. The highest BCUT2D eigenvalue weighted by atomic mass is 16.2. The maximum absolute atomic E-state index is 12.4. The summed E-state index contributed by atoms with van der Waals surface area (Å²) in [5.41, 5.74) is 4.60. The summed E-state index contributed by atoms with van der Waals surface area (Å²) in [4.78, 5) is 24.2. The molecule has 5 nitrogen and oxygen atoms in total. The van der Waals surface area contributed by atoms with Gasteiger partial charge in [-0.05, 0) is 24.1 Å². The van der Waals surface area contributed by atoms with E-state index in [0.29, 0.717) is 25.9 Å². The number of carbonyl (C=O) groups excluding carboxylic acids is 2. The van der Waals surface area contributed by atoms with E-state index in [4.69, 9.17) is 0 Å². The highest BCUT2D eigenvalue weighted by Gasteiger charge is 2.20. The van der Waals surface area contributed by atoms with Crippen molar-refractivity contribution < 1.29 is 9.59 Å². The van der Waals surface area contributed by atoms with Crippen LogP contribution in [0.2, 0.25) is 0 Å². The molecule has 0 bridgehead atoms. The van der Waals surface area contributed by atoms with Gasteiger partial charge in [0.1, 0.15) is 0 Å². The lowest BCUT2D eigenvalue weighted by molar-refractivity contribution is -0.128. The Kier molecular flexibility index (Phi) is 7.41. The van der Waals surface area contributed by atoms with E-state index in [0.717, 1.165) is 11.3 Å². The molecule has 27 heavy (non-hydrogen) atoms. The molecule has 144 valence electrons. The third-order valence-corrected chi connectivity index (χ3v) is 4.06. The number of nitrogens with zero attached hydrogens (tertiary/aromatic N) is 1. The topological polar surface area (TPSA) is 61.4 Å². The van der Waals surface area contributed by atoms with E-state index >= 15 is 0 Å². The van der Waals surface area contributed by atoms with Crippen LogP contribution >= 0.6 is 0 Å². The number of hydrogen-bond donors (Lipinski definition) is 2. The predicted molar refractivity (Wildman–Crippen MR) is 109 cm³/mol. The van der Waals surface area contributed by atoms with Gasteiger partial charge in [0.25, 0.3) is 0 Å². The second-order valence-electron chi connectivity index (χ2n) is 7.55. The summed E-state index contributed by atoms with van der Waals surface area (Å²) in [5, 5.41) is 4.72. The van der Waals surface area contributed by atoms with Crippen molar-refractivity contribution in [3.05, 3.63) is 66.2 Å². The Morgan fingerprint density at radius 2 is 1.52 bits per heavy atom. The second-order valence-corrected chi connectivity index (χ2v) is 7.55. The number of rotatable bonds is 8. The lowest BCUT2D eigenvalue weighted by Gasteiger charge is -2.25. The largest absolute Gasteiger partial charge is 0.356 e. The first-order chi connectivity index (χ1) is 12.9. The molecule has 0 aliphatic carbocycles. The normalized spacial score (nSPS) is 10.9. The van der Waals surface area contributed by atoms with Gasteiger partial charge in [-0.3, -0.25) is 20.0 Å². The maximum atomic E-state index is 12.4. The zero-order valence-electron chi connectivity index (χ0n) is 16.4. The van der Waals surface area contributed by atoms with E-state index in [1.165, 1.54) is 0 Å². The van der Waals surface area contributed by atoms with Crippen molar-refractivity contribution >= 4 is 17.5 Å². The first-order valence-electron chi connectivity index (χ1n) is 9.30. The molecule has 2 aromatic rings. The number of nitrogens with one attached hydrogen (secondary N) is 2. The molecule has 0 aromatic heterocycles. The van der Waals surface area contributed by atoms with Gasteiger partial charge in [0.05, 0.1) is 12.2 Å². The average molecular weight is 367 g/mol. The molecular formula is C22H29N3O2. The molecule has 0 aliphatic rings. The van der Waals surface area contributed by atoms with E-state index in [2.05, 4.69) is 10.7 Å². The second kappa shape index (κ2) is 9.76. The molecule has 5 heteroatoms. The van der Waals surface area contributed by atoms with Gasteiger partial charge in [-0.1, -0.05) is 69.3 Å². The molecule has 0 unspecified atom stereocenters. The number of benzene rings is 2. The van der Waals surface area contributed by atoms with E-state index in [-0.39, 0.29) is 11.8 Å². The first-order valence-corrected chi connectivity index (χ1v) is 9.30. The molecule has 0 radical (unpaired) electrons. The van der Waals surface area contributed by atoms with E-state index in [1.807, 2.05) is 86.4 Å². The van der Waals surface area contributed by atoms with Crippen molar-refractivity contribution in [2.24, 2.45) is 5.41 Å². The van der Waals surface area contributed by atoms with Crippen LogP contribution in [0.1, 0.15) is 39.2 Å². The van der Waals surface area contributed by atoms with Crippen LogP contribution < -0.4 is 15.8 Å². The highest BCUT2D eigenvalue weighted by molar-refractivity contribution is 5.81. The smallest absolute Gasteiger partial charge is 0.238 e. The molecule has 0 spiro atoms. The van der Waals surface area contributed by atoms with Gasteiger partial charge in [0, 0.05) is 18.4 Å². The number of hydrazine groups is 1. The lowest BCUT2D eigenvalue weighted by atomic mass is 9.96. The zero-order valence-corrected chi connectivity index (χ0v) is 16.4. The Morgan fingerprint density at radius 1 is 0.926 bits per heavy atom. The summed E-state index contributed by atoms with van der Waals surface area (Å²) >= 11 is 0. The van der Waals surface area contributed by atoms with Crippen molar-refractivity contribution in [3.8, 4) is 0 Å². The number of hydrogen-bond acceptors (Lipinski definition) is 3. The van der Waals surface area contributed by atoms with E-state index in [9.17, 15) is 9.59 Å². The molecule has 0 fully saturated rings. The Labute approximate surface area is 161 Å². The summed E-state index contributed by atoms with van der Waals surface area (Å²) in [5.74, 6) is -0.0716. The standard InChI is InChI=1S/C22H29N3O2/c1-22(2,3)21(27)23-16-10-15-20(26)24-25(19-13-8-5-9-14-19)17-18-11-6-4-7-12-18/h4-9,11-14H,10,15-17H2,1-3H3,(H,23,27)(H,24,26). The van der Waals surface area contributed by atoms with Crippen LogP contribution in [-0.2, 0) is 16.1 Å². The minimum absolute atomic E-state index is 0.00195. The first kappa shape index (κ1) is 20.5. The summed E-state index contributed by atoms with van der Waals surface area (Å²) < 4.78 is 0. The van der Waals surface area contributed by atoms with Crippen LogP contribution in [0.15, 0.2) is 60.7 Å². The predicted octanol–water partition coefficient (Wildman–Crippen LogP) is 3.67. The quantitative estimate of drug-likeness (QED) is 0.553. The Morgan fingerprint density at radius 3 is 2.11 bits per heavy atom. The SMILES string of the molecule is CC(C)(C)C(=O)NCCCC(=O)NN(Cc1ccccc1)c1ccccc1. The number of anilines is 1. The monoisotopic (exact) mass is 367 g/mol. The van der Waals surface area contributed by atoms with Crippen LogP contribution in [0.3, 0.4) is 0 Å². The third kappa shape index (κ3) is 7.13. The number of para-hydroxylation sites is 1. The van der Waals surface area contributed by atoms with Gasteiger partial charge < -0.3 is 5.32 Å². The van der Waals surface area contributed by atoms with Gasteiger partial charge in [0.15, 0.2) is 0 Å². The van der Waals surface area contributed by atoms with Crippen LogP contribution in [0.25, 0.3) is 0 Å². The molecule has 0 aliphatic heterocycles. The fourth-order valence-electron chi connectivity index (χ4n) is 2.49. The molecule has 0 saturated carbocycles. The van der Waals surface area contributed by atoms with Gasteiger partial charge in [-0.2, -0.15) is 0 Å². The summed E-state index contributed by atoms with van der Waals surface area (Å²) in [7, 11) is 0. The molecule has 2 aromatic carbocycles. The van der Waals surface area contributed by atoms with Gasteiger partial charge in [-0.15, -0.1) is 0 Å². The summed E-state index contributed by atoms with van der Waals surface area (Å²) in [6.07, 6.45) is 0.949. The Bertz CT molecular complexity index is 724. The van der Waals surface area contributed by atoms with Crippen molar-refractivity contribution in [2.45, 2.75) is 40.2 Å². The molecular weight excluding hydrogens is 338 g/mol. The minimum Gasteiger partial charge on any atom is -0.356 e. The lowest BCUT2D eigenvalue weighted by Crippen LogP contribution is -2.42. The molecule has 0 saturated heterocycles. The fourth-order valence-corrected chi connectivity index (χ4v) is 2.49. The van der Waals surface area contributed by atoms with Gasteiger partial charge in [0.2, 0.25) is 11.8 Å². The molecule has 2 N–H and O–H groups in total. The number of carbonyl (C=O) groups is 2. The van der Waals surface area contributed by atoms with Crippen molar-refractivity contribution in [2.75, 3.05) is 11.6 Å². The van der Waals surface area contributed by atoms with Crippen molar-refractivity contribution in [3.63, 3.8) is 0 Å². The van der Waals surface area contributed by atoms with Gasteiger partial charge >= 0.3 is 0 Å². The van der Waals surface area contributed by atoms with Crippen molar-refractivity contribution in [1.29, 1.82) is 0 Å². The maximum Gasteiger partial charge on any atom is 0.238 e. The number of amides is 2. The molecule has 2 rings (SSSR count). The molecule has 0 heterocycles. The third-order valence-electron chi connectivity index (χ3n) is 4.06. The minimum atomic E-state index is -0.415. The molecule has 2 amide bonds. The van der Waals surface area contributed by atoms with Crippen LogP contribution in [-0.4, -0.2) is 18.4 Å². The van der Waals surface area contributed by atoms with Crippen LogP contribution in [0.4, 0.5) is 5.69 Å². The van der Waals surface area contributed by atoms with Crippen molar-refractivity contribution in [1.82, 2.24) is 10.7 Å².